The first-order valence-corrected chi connectivity index (χ1v) is 8.48. The van der Waals surface area contributed by atoms with Crippen LogP contribution in [0.3, 0.4) is 0 Å². The molecule has 0 aromatic heterocycles. The van der Waals surface area contributed by atoms with Crippen molar-refractivity contribution in [3.8, 4) is 5.75 Å². The number of nitrogens with zero attached hydrogens (tertiary/aromatic N) is 2. The number of carbonyl (C=O) groups excluding carboxylic acids is 1. The van der Waals surface area contributed by atoms with Crippen LogP contribution in [-0.2, 0) is 4.79 Å². The number of benzene rings is 2. The zero-order valence-electron chi connectivity index (χ0n) is 14.5. The molecule has 26 heavy (non-hydrogen) atoms. The summed E-state index contributed by atoms with van der Waals surface area (Å²) in [5.74, 6) is -1.41. The molecular weight excluding hydrogens is 340 g/mol. The highest BCUT2D eigenvalue weighted by atomic mass is 19.1. The third-order valence-corrected chi connectivity index (χ3v) is 4.64. The molecule has 2 aromatic rings. The van der Waals surface area contributed by atoms with E-state index >= 15 is 0 Å². The molecule has 3 rings (SSSR count). The summed E-state index contributed by atoms with van der Waals surface area (Å²) in [4.78, 5) is 16.6. The molecule has 0 spiro atoms. The standard InChI is InChI=1S/C19H21F2N3O2/c1-13(19(26)22-18-12-14(20)2-7-17(18)21)23-8-10-24(11-9-23)15-3-5-16(25)6-4-15/h2-7,12-13,25H,8-11H2,1H3,(H,22,26). The van der Waals surface area contributed by atoms with E-state index in [4.69, 9.17) is 0 Å². The van der Waals surface area contributed by atoms with Gasteiger partial charge in [0.25, 0.3) is 0 Å². The Kier molecular flexibility index (Phi) is 5.37. The van der Waals surface area contributed by atoms with E-state index in [0.29, 0.717) is 13.1 Å². The maximum atomic E-state index is 13.7. The number of nitrogens with one attached hydrogen (secondary N) is 1. The molecule has 1 saturated heterocycles. The van der Waals surface area contributed by atoms with Gasteiger partial charge < -0.3 is 15.3 Å². The molecule has 1 fully saturated rings. The number of rotatable bonds is 4. The minimum absolute atomic E-state index is 0.149. The molecule has 1 atom stereocenters. The summed E-state index contributed by atoms with van der Waals surface area (Å²) in [5.41, 5.74) is 0.867. The average molecular weight is 361 g/mol. The minimum atomic E-state index is -0.663. The molecule has 0 radical (unpaired) electrons. The van der Waals surface area contributed by atoms with Crippen LogP contribution in [-0.4, -0.2) is 48.1 Å². The molecule has 7 heteroatoms. The van der Waals surface area contributed by atoms with Crippen molar-refractivity contribution in [3.63, 3.8) is 0 Å². The molecule has 138 valence electrons. The predicted octanol–water partition coefficient (Wildman–Crippen LogP) is 2.82. The van der Waals surface area contributed by atoms with E-state index in [1.807, 2.05) is 17.0 Å². The Hall–Kier alpha value is -2.67. The van der Waals surface area contributed by atoms with Crippen molar-refractivity contribution in [1.29, 1.82) is 0 Å². The lowest BCUT2D eigenvalue weighted by Crippen LogP contribution is -2.52. The third kappa shape index (κ3) is 4.11. The summed E-state index contributed by atoms with van der Waals surface area (Å²) in [6, 6.07) is 9.52. The van der Waals surface area contributed by atoms with Crippen molar-refractivity contribution < 1.29 is 18.7 Å². The summed E-state index contributed by atoms with van der Waals surface area (Å²) >= 11 is 0. The van der Waals surface area contributed by atoms with Gasteiger partial charge in [0.1, 0.15) is 17.4 Å². The Balaban J connectivity index is 1.57. The number of anilines is 2. The van der Waals surface area contributed by atoms with Gasteiger partial charge in [0.2, 0.25) is 5.91 Å². The number of amides is 1. The minimum Gasteiger partial charge on any atom is -0.508 e. The molecule has 2 aromatic carbocycles. The van der Waals surface area contributed by atoms with Gasteiger partial charge in [-0.05, 0) is 43.3 Å². The number of halogens is 2. The Bertz CT molecular complexity index is 775. The molecule has 0 bridgehead atoms. The number of hydrogen-bond donors (Lipinski definition) is 2. The fourth-order valence-corrected chi connectivity index (χ4v) is 3.03. The molecule has 1 aliphatic rings. The fourth-order valence-electron chi connectivity index (χ4n) is 3.03. The third-order valence-electron chi connectivity index (χ3n) is 4.64. The van der Waals surface area contributed by atoms with Crippen molar-refractivity contribution in [3.05, 3.63) is 54.1 Å². The molecule has 1 unspecified atom stereocenters. The second-order valence-corrected chi connectivity index (χ2v) is 6.33. The lowest BCUT2D eigenvalue weighted by molar-refractivity contribution is -0.120. The van der Waals surface area contributed by atoms with Crippen LogP contribution in [0.1, 0.15) is 6.92 Å². The maximum absolute atomic E-state index is 13.7. The molecule has 0 saturated carbocycles. The van der Waals surface area contributed by atoms with E-state index in [1.165, 1.54) is 0 Å². The fraction of sp³-hybridized carbons (Fsp3) is 0.316. The van der Waals surface area contributed by atoms with Crippen LogP contribution in [0.25, 0.3) is 0 Å². The van der Waals surface area contributed by atoms with Crippen molar-refractivity contribution >= 4 is 17.3 Å². The lowest BCUT2D eigenvalue weighted by Gasteiger charge is -2.38. The van der Waals surface area contributed by atoms with Crippen molar-refractivity contribution in [2.75, 3.05) is 36.4 Å². The van der Waals surface area contributed by atoms with Crippen molar-refractivity contribution in [1.82, 2.24) is 4.90 Å². The smallest absolute Gasteiger partial charge is 0.241 e. The van der Waals surface area contributed by atoms with E-state index in [-0.39, 0.29) is 17.3 Å². The second kappa shape index (κ2) is 7.70. The van der Waals surface area contributed by atoms with Gasteiger partial charge in [-0.25, -0.2) is 8.78 Å². The number of carbonyl (C=O) groups is 1. The van der Waals surface area contributed by atoms with Crippen LogP contribution in [0, 0.1) is 11.6 Å². The normalized spacial score (nSPS) is 16.3. The SMILES string of the molecule is CC(C(=O)Nc1cc(F)ccc1F)N1CCN(c2ccc(O)cc2)CC1. The van der Waals surface area contributed by atoms with Crippen LogP contribution >= 0.6 is 0 Å². The Morgan fingerprint density at radius 1 is 1.08 bits per heavy atom. The topological polar surface area (TPSA) is 55.8 Å². The zero-order chi connectivity index (χ0) is 18.7. The predicted molar refractivity (Wildman–Crippen MR) is 96.3 cm³/mol. The van der Waals surface area contributed by atoms with E-state index in [1.54, 1.807) is 19.1 Å². The summed E-state index contributed by atoms with van der Waals surface area (Å²) in [7, 11) is 0. The van der Waals surface area contributed by atoms with Gasteiger partial charge in [0.05, 0.1) is 11.7 Å². The number of aromatic hydroxyl groups is 1. The van der Waals surface area contributed by atoms with Gasteiger partial charge in [-0.1, -0.05) is 0 Å². The van der Waals surface area contributed by atoms with Gasteiger partial charge in [-0.3, -0.25) is 9.69 Å². The molecule has 1 aliphatic heterocycles. The van der Waals surface area contributed by atoms with Gasteiger partial charge in [0.15, 0.2) is 0 Å². The average Bonchev–Trinajstić information content (AvgIpc) is 2.65. The van der Waals surface area contributed by atoms with Crippen LogP contribution in [0.5, 0.6) is 5.75 Å². The van der Waals surface area contributed by atoms with Crippen molar-refractivity contribution in [2.45, 2.75) is 13.0 Å². The van der Waals surface area contributed by atoms with E-state index in [0.717, 1.165) is 37.0 Å². The van der Waals surface area contributed by atoms with Gasteiger partial charge in [-0.2, -0.15) is 0 Å². The second-order valence-electron chi connectivity index (χ2n) is 6.33. The summed E-state index contributed by atoms with van der Waals surface area (Å²) in [6.45, 7) is 4.55. The number of hydrogen-bond acceptors (Lipinski definition) is 4. The maximum Gasteiger partial charge on any atom is 0.241 e. The first-order chi connectivity index (χ1) is 12.4. The van der Waals surface area contributed by atoms with Crippen LogP contribution in [0.4, 0.5) is 20.2 Å². The Labute approximate surface area is 150 Å². The first-order valence-electron chi connectivity index (χ1n) is 8.48. The number of phenols is 1. The highest BCUT2D eigenvalue weighted by Crippen LogP contribution is 2.21. The Morgan fingerprint density at radius 2 is 1.73 bits per heavy atom. The monoisotopic (exact) mass is 361 g/mol. The Morgan fingerprint density at radius 3 is 2.38 bits per heavy atom. The molecular formula is C19H21F2N3O2. The van der Waals surface area contributed by atoms with Gasteiger partial charge in [0, 0.05) is 37.9 Å². The van der Waals surface area contributed by atoms with E-state index in [2.05, 4.69) is 10.2 Å². The largest absolute Gasteiger partial charge is 0.508 e. The van der Waals surface area contributed by atoms with Gasteiger partial charge in [-0.15, -0.1) is 0 Å². The molecule has 2 N–H and O–H groups in total. The summed E-state index contributed by atoms with van der Waals surface area (Å²) < 4.78 is 26.9. The van der Waals surface area contributed by atoms with E-state index in [9.17, 15) is 18.7 Å². The van der Waals surface area contributed by atoms with Crippen LogP contribution in [0.15, 0.2) is 42.5 Å². The van der Waals surface area contributed by atoms with Crippen LogP contribution in [0.2, 0.25) is 0 Å². The van der Waals surface area contributed by atoms with Gasteiger partial charge >= 0.3 is 0 Å². The summed E-state index contributed by atoms with van der Waals surface area (Å²) in [5, 5.41) is 11.8. The van der Waals surface area contributed by atoms with E-state index < -0.39 is 17.7 Å². The molecule has 1 amide bonds. The molecule has 5 nitrogen and oxygen atoms in total. The number of piperazine rings is 1. The quantitative estimate of drug-likeness (QED) is 0.879. The first kappa shape index (κ1) is 18.1. The van der Waals surface area contributed by atoms with Crippen LogP contribution < -0.4 is 10.2 Å². The highest BCUT2D eigenvalue weighted by molar-refractivity contribution is 5.94. The zero-order valence-corrected chi connectivity index (χ0v) is 14.5. The molecule has 0 aliphatic carbocycles. The summed E-state index contributed by atoms with van der Waals surface area (Å²) in [6.07, 6.45) is 0. The van der Waals surface area contributed by atoms with Crippen molar-refractivity contribution in [2.24, 2.45) is 0 Å². The molecule has 1 heterocycles. The number of phenolic OH excluding ortho intramolecular Hbond substituents is 1. The highest BCUT2D eigenvalue weighted by Gasteiger charge is 2.26. The lowest BCUT2D eigenvalue weighted by atomic mass is 10.2.